The number of rotatable bonds is 7. The number of nitrogens with zero attached hydrogens (tertiary/aromatic N) is 1. The molecule has 4 nitrogen and oxygen atoms in total. The minimum atomic E-state index is -3.67. The van der Waals surface area contributed by atoms with Crippen LogP contribution >= 0.6 is 12.4 Å². The molecule has 0 saturated carbocycles. The van der Waals surface area contributed by atoms with Crippen molar-refractivity contribution in [1.29, 1.82) is 0 Å². The lowest BCUT2D eigenvalue weighted by Gasteiger charge is -2.22. The normalized spacial score (nSPS) is 13.1. The Kier molecular flexibility index (Phi) is 8.35. The van der Waals surface area contributed by atoms with Gasteiger partial charge in [0, 0.05) is 6.54 Å². The van der Waals surface area contributed by atoms with E-state index in [1.54, 1.807) is 31.2 Å². The Morgan fingerprint density at radius 2 is 1.65 bits per heavy atom. The maximum absolute atomic E-state index is 12.1. The lowest BCUT2D eigenvalue weighted by atomic mass is 10.2. The van der Waals surface area contributed by atoms with Gasteiger partial charge in [-0.25, -0.2) is 0 Å². The van der Waals surface area contributed by atoms with E-state index in [1.807, 2.05) is 20.8 Å². The van der Waals surface area contributed by atoms with E-state index in [9.17, 15) is 8.42 Å². The Hall–Kier alpha value is -0.620. The maximum Gasteiger partial charge on any atom is 0.297 e. The molecule has 0 saturated heterocycles. The summed E-state index contributed by atoms with van der Waals surface area (Å²) in [6.07, 6.45) is -0.355. The Labute approximate surface area is 128 Å². The third-order valence-corrected chi connectivity index (χ3v) is 4.44. The van der Waals surface area contributed by atoms with Gasteiger partial charge in [0.05, 0.1) is 11.0 Å². The summed E-state index contributed by atoms with van der Waals surface area (Å²) >= 11 is 0. The predicted molar refractivity (Wildman–Crippen MR) is 83.9 cm³/mol. The van der Waals surface area contributed by atoms with Crippen LogP contribution in [-0.2, 0) is 14.3 Å². The van der Waals surface area contributed by atoms with Gasteiger partial charge in [0.25, 0.3) is 10.1 Å². The van der Waals surface area contributed by atoms with E-state index in [4.69, 9.17) is 4.18 Å². The molecule has 1 atom stereocenters. The molecular weight excluding hydrogens is 298 g/mol. The molecule has 0 N–H and O–H groups in total. The number of aryl methyl sites for hydroxylation is 1. The molecule has 1 rings (SSSR count). The Morgan fingerprint density at radius 1 is 1.15 bits per heavy atom. The topological polar surface area (TPSA) is 46.6 Å². The van der Waals surface area contributed by atoms with E-state index in [1.165, 1.54) is 0 Å². The van der Waals surface area contributed by atoms with Crippen molar-refractivity contribution < 1.29 is 12.6 Å². The van der Waals surface area contributed by atoms with E-state index in [-0.39, 0.29) is 23.4 Å². The van der Waals surface area contributed by atoms with Crippen molar-refractivity contribution >= 4 is 22.5 Å². The second-order valence-corrected chi connectivity index (χ2v) is 6.23. The van der Waals surface area contributed by atoms with Crippen LogP contribution in [0.1, 0.15) is 26.3 Å². The van der Waals surface area contributed by atoms with Gasteiger partial charge < -0.3 is 4.90 Å². The molecule has 0 aliphatic carbocycles. The van der Waals surface area contributed by atoms with Crippen molar-refractivity contribution in [3.05, 3.63) is 29.8 Å². The highest BCUT2D eigenvalue weighted by Crippen LogP contribution is 2.15. The molecule has 0 aromatic heterocycles. The van der Waals surface area contributed by atoms with E-state index < -0.39 is 10.1 Å². The summed E-state index contributed by atoms with van der Waals surface area (Å²) in [5, 5.41) is 0. The van der Waals surface area contributed by atoms with Crippen molar-refractivity contribution in [3.8, 4) is 0 Å². The molecule has 0 aliphatic heterocycles. The van der Waals surface area contributed by atoms with E-state index in [2.05, 4.69) is 4.90 Å². The van der Waals surface area contributed by atoms with Crippen LogP contribution in [0, 0.1) is 6.92 Å². The third kappa shape index (κ3) is 5.79. The average molecular weight is 322 g/mol. The fourth-order valence-corrected chi connectivity index (χ4v) is 2.93. The number of likely N-dealkylation sites (N-methyl/N-ethyl adjacent to an activating group) is 1. The highest BCUT2D eigenvalue weighted by atomic mass is 35.5. The van der Waals surface area contributed by atoms with E-state index >= 15 is 0 Å². The van der Waals surface area contributed by atoms with Crippen LogP contribution < -0.4 is 0 Å². The summed E-state index contributed by atoms with van der Waals surface area (Å²) in [5.74, 6) is 0. The first-order valence-electron chi connectivity index (χ1n) is 6.61. The van der Waals surface area contributed by atoms with Crippen LogP contribution in [0.15, 0.2) is 29.2 Å². The van der Waals surface area contributed by atoms with Crippen LogP contribution in [0.3, 0.4) is 0 Å². The molecule has 1 unspecified atom stereocenters. The zero-order chi connectivity index (χ0) is 14.5. The predicted octanol–water partition coefficient (Wildman–Crippen LogP) is 2.85. The zero-order valence-corrected chi connectivity index (χ0v) is 14.1. The summed E-state index contributed by atoms with van der Waals surface area (Å²) in [5.41, 5.74) is 1.02. The molecule has 20 heavy (non-hydrogen) atoms. The monoisotopic (exact) mass is 321 g/mol. The van der Waals surface area contributed by atoms with Crippen molar-refractivity contribution in [1.82, 2.24) is 4.90 Å². The fraction of sp³-hybridized carbons (Fsp3) is 0.571. The van der Waals surface area contributed by atoms with Gasteiger partial charge in [-0.05, 0) is 39.1 Å². The van der Waals surface area contributed by atoms with Gasteiger partial charge in [0.15, 0.2) is 0 Å². The molecule has 1 aromatic rings. The lowest BCUT2D eigenvalue weighted by Crippen LogP contribution is -2.33. The van der Waals surface area contributed by atoms with E-state index in [0.29, 0.717) is 6.54 Å². The van der Waals surface area contributed by atoms with Gasteiger partial charge in [-0.3, -0.25) is 4.18 Å². The molecule has 0 bridgehead atoms. The van der Waals surface area contributed by atoms with Crippen molar-refractivity contribution in [2.75, 3.05) is 19.6 Å². The van der Waals surface area contributed by atoms with Crippen molar-refractivity contribution in [2.24, 2.45) is 0 Å². The van der Waals surface area contributed by atoms with Crippen LogP contribution in [0.4, 0.5) is 0 Å². The number of hydrogen-bond acceptors (Lipinski definition) is 4. The zero-order valence-electron chi connectivity index (χ0n) is 12.5. The molecule has 6 heteroatoms. The summed E-state index contributed by atoms with van der Waals surface area (Å²) in [7, 11) is -3.67. The summed E-state index contributed by atoms with van der Waals surface area (Å²) in [4.78, 5) is 2.35. The quantitative estimate of drug-likeness (QED) is 0.724. The minimum Gasteiger partial charge on any atom is -0.301 e. The van der Waals surface area contributed by atoms with Crippen molar-refractivity contribution in [2.45, 2.75) is 38.7 Å². The molecular formula is C14H24ClNO3S. The smallest absolute Gasteiger partial charge is 0.297 e. The largest absolute Gasteiger partial charge is 0.301 e. The van der Waals surface area contributed by atoms with Gasteiger partial charge >= 0.3 is 0 Å². The van der Waals surface area contributed by atoms with Gasteiger partial charge in [-0.15, -0.1) is 12.4 Å². The lowest BCUT2D eigenvalue weighted by molar-refractivity contribution is 0.159. The van der Waals surface area contributed by atoms with E-state index in [0.717, 1.165) is 18.7 Å². The van der Waals surface area contributed by atoms with Crippen LogP contribution in [0.5, 0.6) is 0 Å². The number of hydrogen-bond donors (Lipinski definition) is 0. The van der Waals surface area contributed by atoms with Gasteiger partial charge in [0.1, 0.15) is 0 Å². The Bertz CT molecular complexity index is 484. The highest BCUT2D eigenvalue weighted by Gasteiger charge is 2.19. The van der Waals surface area contributed by atoms with Crippen molar-refractivity contribution in [3.63, 3.8) is 0 Å². The molecule has 116 valence electrons. The fourth-order valence-electron chi connectivity index (χ4n) is 1.85. The van der Waals surface area contributed by atoms with Gasteiger partial charge in [0.2, 0.25) is 0 Å². The standard InChI is InChI=1S/C14H23NO3S.ClH/c1-5-15(6-2)11-13(4)18-19(16,17)14-9-7-12(3)8-10-14;/h7-10,13H,5-6,11H2,1-4H3;1H. The summed E-state index contributed by atoms with van der Waals surface area (Å²) in [6, 6.07) is 6.69. The van der Waals surface area contributed by atoms with Crippen LogP contribution in [0.25, 0.3) is 0 Å². The van der Waals surface area contributed by atoms with Crippen LogP contribution in [-0.4, -0.2) is 39.1 Å². The second kappa shape index (κ2) is 8.62. The average Bonchev–Trinajstić information content (AvgIpc) is 2.35. The molecule has 0 spiro atoms. The summed E-state index contributed by atoms with van der Waals surface area (Å²) in [6.45, 7) is 10.2. The second-order valence-electron chi connectivity index (χ2n) is 4.66. The molecule has 0 fully saturated rings. The molecule has 0 aliphatic rings. The Morgan fingerprint density at radius 3 is 2.10 bits per heavy atom. The third-order valence-electron chi connectivity index (χ3n) is 3.01. The SMILES string of the molecule is CCN(CC)CC(C)OS(=O)(=O)c1ccc(C)cc1.Cl. The Balaban J connectivity index is 0.00000361. The molecule has 0 amide bonds. The first-order valence-corrected chi connectivity index (χ1v) is 8.02. The number of halogens is 1. The highest BCUT2D eigenvalue weighted by molar-refractivity contribution is 7.86. The molecule has 0 heterocycles. The van der Waals surface area contributed by atoms with Gasteiger partial charge in [-0.1, -0.05) is 31.5 Å². The minimum absolute atomic E-state index is 0. The number of benzene rings is 1. The van der Waals surface area contributed by atoms with Crippen LogP contribution in [0.2, 0.25) is 0 Å². The maximum atomic E-state index is 12.1. The molecule has 0 radical (unpaired) electrons. The first-order chi connectivity index (χ1) is 8.89. The molecule has 1 aromatic carbocycles. The van der Waals surface area contributed by atoms with Gasteiger partial charge in [-0.2, -0.15) is 8.42 Å². The summed E-state index contributed by atoms with van der Waals surface area (Å²) < 4.78 is 29.4. The first kappa shape index (κ1) is 19.4.